The van der Waals surface area contributed by atoms with Gasteiger partial charge in [-0.05, 0) is 53.0 Å². The highest BCUT2D eigenvalue weighted by Gasteiger charge is 2.32. The zero-order valence-corrected chi connectivity index (χ0v) is 20.2. The van der Waals surface area contributed by atoms with Gasteiger partial charge in [0.2, 0.25) is 10.6 Å². The molecule has 1 N–H and O–H groups in total. The highest BCUT2D eigenvalue weighted by molar-refractivity contribution is 6.28. The lowest BCUT2D eigenvalue weighted by molar-refractivity contribution is -0.138. The third-order valence-electron chi connectivity index (χ3n) is 4.82. The van der Waals surface area contributed by atoms with Crippen molar-refractivity contribution in [1.29, 1.82) is 0 Å². The van der Waals surface area contributed by atoms with Crippen LogP contribution in [0.4, 0.5) is 26.3 Å². The summed E-state index contributed by atoms with van der Waals surface area (Å²) in [5, 5.41) is 9.94. The molecule has 1 unspecified atom stereocenters. The second kappa shape index (κ2) is 11.8. The summed E-state index contributed by atoms with van der Waals surface area (Å²) in [6.45, 7) is 0. The largest absolute Gasteiger partial charge is 0.416 e. The highest BCUT2D eigenvalue weighted by atomic mass is 35.5. The Morgan fingerprint density at radius 3 is 1.68 bits per heavy atom. The molecule has 0 amide bonds. The topological polar surface area (TPSA) is 88.9 Å². The molecule has 0 radical (unpaired) electrons. The van der Waals surface area contributed by atoms with Crippen molar-refractivity contribution in [2.75, 3.05) is 0 Å². The number of hydrogen-bond acceptors (Lipinski definition) is 6. The average molecular weight is 575 g/mol. The fourth-order valence-corrected chi connectivity index (χ4v) is 3.17. The summed E-state index contributed by atoms with van der Waals surface area (Å²) in [5.74, 6) is -0.595. The number of ketones is 1. The van der Waals surface area contributed by atoms with Crippen molar-refractivity contribution < 1.29 is 36.2 Å². The lowest BCUT2D eigenvalue weighted by atomic mass is 10.0. The Balaban J connectivity index is 0.000000211. The van der Waals surface area contributed by atoms with E-state index in [9.17, 15) is 36.2 Å². The lowest BCUT2D eigenvalue weighted by Gasteiger charge is -2.13. The molecule has 2 aromatic carbocycles. The van der Waals surface area contributed by atoms with Gasteiger partial charge in [0, 0.05) is 35.9 Å². The first-order valence-corrected chi connectivity index (χ1v) is 11.0. The van der Waals surface area contributed by atoms with E-state index in [2.05, 4.69) is 19.9 Å². The third-order valence-corrected chi connectivity index (χ3v) is 5.21. The number of benzene rings is 2. The van der Waals surface area contributed by atoms with Gasteiger partial charge < -0.3 is 5.11 Å². The Labute approximate surface area is 221 Å². The second-order valence-corrected chi connectivity index (χ2v) is 8.14. The summed E-state index contributed by atoms with van der Waals surface area (Å²) in [5.41, 5.74) is -1.33. The van der Waals surface area contributed by atoms with E-state index in [-0.39, 0.29) is 32.8 Å². The molecule has 2 aromatic heterocycles. The molecule has 198 valence electrons. The molecule has 0 saturated carbocycles. The Kier molecular flexibility index (Phi) is 9.02. The van der Waals surface area contributed by atoms with Crippen LogP contribution in [0.25, 0.3) is 0 Å². The van der Waals surface area contributed by atoms with Crippen molar-refractivity contribution in [3.8, 4) is 0 Å². The number of nitrogens with zero attached hydrogens (tertiary/aromatic N) is 4. The van der Waals surface area contributed by atoms with Gasteiger partial charge in [0.1, 0.15) is 6.10 Å². The van der Waals surface area contributed by atoms with E-state index in [1.165, 1.54) is 36.7 Å². The minimum atomic E-state index is -4.49. The number of halogens is 8. The van der Waals surface area contributed by atoms with Gasteiger partial charge in [0.05, 0.1) is 16.7 Å². The van der Waals surface area contributed by atoms with Crippen molar-refractivity contribution >= 4 is 29.0 Å². The molecule has 0 bridgehead atoms. The van der Waals surface area contributed by atoms with Crippen LogP contribution in [0.15, 0.2) is 73.3 Å². The van der Waals surface area contributed by atoms with Gasteiger partial charge in [0.15, 0.2) is 5.78 Å². The number of rotatable bonds is 4. The number of aliphatic hydroxyl groups excluding tert-OH is 1. The molecule has 0 fully saturated rings. The molecule has 4 aromatic rings. The number of alkyl halides is 6. The minimum absolute atomic E-state index is 0.00000719. The fourth-order valence-electron chi connectivity index (χ4n) is 2.97. The van der Waals surface area contributed by atoms with Gasteiger partial charge in [-0.1, -0.05) is 24.3 Å². The number of aromatic nitrogens is 4. The Morgan fingerprint density at radius 2 is 1.16 bits per heavy atom. The predicted octanol–water partition coefficient (Wildman–Crippen LogP) is 6.61. The first-order valence-electron chi connectivity index (χ1n) is 10.3. The van der Waals surface area contributed by atoms with Crippen molar-refractivity contribution in [2.45, 2.75) is 18.5 Å². The van der Waals surface area contributed by atoms with Gasteiger partial charge in [-0.25, -0.2) is 19.9 Å². The maximum Gasteiger partial charge on any atom is 0.416 e. The summed E-state index contributed by atoms with van der Waals surface area (Å²) >= 11 is 11.0. The summed E-state index contributed by atoms with van der Waals surface area (Å²) in [6.07, 6.45) is -5.32. The van der Waals surface area contributed by atoms with Gasteiger partial charge in [-0.2, -0.15) is 26.3 Å². The predicted molar refractivity (Wildman–Crippen MR) is 124 cm³/mol. The van der Waals surface area contributed by atoms with Crippen LogP contribution in [0.3, 0.4) is 0 Å². The summed E-state index contributed by atoms with van der Waals surface area (Å²) in [4.78, 5) is 26.5. The van der Waals surface area contributed by atoms with E-state index in [1.807, 2.05) is 0 Å². The molecule has 0 spiro atoms. The molecule has 0 aliphatic carbocycles. The SMILES string of the molecule is O=C(c1cnc(Cl)nc1)c1cccc(C(F)(F)F)c1.OC(c1cnc(Cl)nc1)c1cccc(C(F)(F)F)c1. The standard InChI is InChI=1S/C12H8ClF3N2O.C12H6ClF3N2O/c2*13-11-17-5-8(6-18-11)10(19)7-2-1-3-9(4-7)12(14,15)16/h1-6,10,19H;1-6H. The van der Waals surface area contributed by atoms with E-state index in [0.717, 1.165) is 36.7 Å². The molecule has 0 aliphatic heterocycles. The monoisotopic (exact) mass is 574 g/mol. The molecule has 2 heterocycles. The number of hydrogen-bond donors (Lipinski definition) is 1. The van der Waals surface area contributed by atoms with Crippen molar-refractivity contribution in [2.24, 2.45) is 0 Å². The Morgan fingerprint density at radius 1 is 0.684 bits per heavy atom. The van der Waals surface area contributed by atoms with Crippen LogP contribution >= 0.6 is 23.2 Å². The van der Waals surface area contributed by atoms with E-state index >= 15 is 0 Å². The fraction of sp³-hybridized carbons (Fsp3) is 0.125. The van der Waals surface area contributed by atoms with Crippen molar-refractivity contribution in [3.05, 3.63) is 117 Å². The van der Waals surface area contributed by atoms with Crippen molar-refractivity contribution in [1.82, 2.24) is 19.9 Å². The average Bonchev–Trinajstić information content (AvgIpc) is 2.88. The van der Waals surface area contributed by atoms with Crippen LogP contribution in [0.1, 0.15) is 44.3 Å². The molecule has 0 aliphatic rings. The Hall–Kier alpha value is -3.61. The number of carbonyl (C=O) groups is 1. The van der Waals surface area contributed by atoms with Crippen molar-refractivity contribution in [3.63, 3.8) is 0 Å². The van der Waals surface area contributed by atoms with E-state index < -0.39 is 35.4 Å². The molecule has 6 nitrogen and oxygen atoms in total. The van der Waals surface area contributed by atoms with Gasteiger partial charge in [-0.3, -0.25) is 4.79 Å². The maximum atomic E-state index is 12.6. The van der Waals surface area contributed by atoms with Crippen LogP contribution < -0.4 is 0 Å². The second-order valence-electron chi connectivity index (χ2n) is 7.46. The first kappa shape index (κ1) is 29.0. The van der Waals surface area contributed by atoms with E-state index in [1.54, 1.807) is 0 Å². The van der Waals surface area contributed by atoms with E-state index in [4.69, 9.17) is 23.2 Å². The minimum Gasteiger partial charge on any atom is -0.384 e. The van der Waals surface area contributed by atoms with Gasteiger partial charge in [-0.15, -0.1) is 0 Å². The molecule has 4 rings (SSSR count). The normalized spacial score (nSPS) is 12.3. The number of aliphatic hydroxyl groups is 1. The molecule has 38 heavy (non-hydrogen) atoms. The summed E-state index contributed by atoms with van der Waals surface area (Å²) in [7, 11) is 0. The van der Waals surface area contributed by atoms with Crippen LogP contribution in [0.2, 0.25) is 10.6 Å². The Bertz CT molecular complexity index is 1400. The molecule has 14 heteroatoms. The molecule has 0 saturated heterocycles. The summed E-state index contributed by atoms with van der Waals surface area (Å²) < 4.78 is 75.3. The zero-order chi connectivity index (χ0) is 28.1. The summed E-state index contributed by atoms with van der Waals surface area (Å²) in [6, 6.07) is 8.62. The van der Waals surface area contributed by atoms with E-state index in [0.29, 0.717) is 0 Å². The van der Waals surface area contributed by atoms with Crippen LogP contribution in [0, 0.1) is 0 Å². The van der Waals surface area contributed by atoms with Crippen LogP contribution in [-0.4, -0.2) is 30.8 Å². The molecular weight excluding hydrogens is 561 g/mol. The molecule has 1 atom stereocenters. The maximum absolute atomic E-state index is 12.6. The quantitative estimate of drug-likeness (QED) is 0.167. The lowest BCUT2D eigenvalue weighted by Crippen LogP contribution is -2.08. The van der Waals surface area contributed by atoms with Gasteiger partial charge >= 0.3 is 12.4 Å². The zero-order valence-electron chi connectivity index (χ0n) is 18.7. The van der Waals surface area contributed by atoms with Crippen LogP contribution in [-0.2, 0) is 12.4 Å². The first-order chi connectivity index (χ1) is 17.8. The van der Waals surface area contributed by atoms with Gasteiger partial charge in [0.25, 0.3) is 0 Å². The van der Waals surface area contributed by atoms with Crippen LogP contribution in [0.5, 0.6) is 0 Å². The third kappa shape index (κ3) is 7.70. The highest BCUT2D eigenvalue weighted by Crippen LogP contribution is 2.32. The number of carbonyl (C=O) groups excluding carboxylic acids is 1. The molecular formula is C24H14Cl2F6N4O2. The smallest absolute Gasteiger partial charge is 0.384 e.